The Kier molecular flexibility index (Phi) is 4.27. The van der Waals surface area contributed by atoms with Crippen molar-refractivity contribution in [2.75, 3.05) is 12.4 Å². The van der Waals surface area contributed by atoms with Gasteiger partial charge in [-0.25, -0.2) is 0 Å². The van der Waals surface area contributed by atoms with Crippen LogP contribution in [0.15, 0.2) is 18.2 Å². The normalized spacial score (nSPS) is 32.3. The first kappa shape index (κ1) is 16.6. The van der Waals surface area contributed by atoms with Crippen LogP contribution in [-0.2, 0) is 0 Å². The van der Waals surface area contributed by atoms with Gasteiger partial charge >= 0.3 is 0 Å². The standard InChI is InChI=1S/C18H23N3O3S/c1-24-16-9-14(21(22)23)2-3-15(16)19-18(25)20-17-12-5-10-4-11(7-12)8-13(17)6-10/h2-3,9-13,17H,4-8H2,1H3,(H2,19,20,25). The quantitative estimate of drug-likeness (QED) is 0.484. The molecule has 134 valence electrons. The lowest BCUT2D eigenvalue weighted by Gasteiger charge is -2.54. The van der Waals surface area contributed by atoms with Gasteiger partial charge in [-0.3, -0.25) is 10.1 Å². The maximum atomic E-state index is 10.9. The Morgan fingerprint density at radius 1 is 1.20 bits per heavy atom. The van der Waals surface area contributed by atoms with Crippen molar-refractivity contribution in [2.45, 2.75) is 38.1 Å². The summed E-state index contributed by atoms with van der Waals surface area (Å²) in [6.45, 7) is 0. The van der Waals surface area contributed by atoms with Crippen LogP contribution < -0.4 is 15.4 Å². The molecular weight excluding hydrogens is 338 g/mol. The molecule has 1 aromatic rings. The van der Waals surface area contributed by atoms with E-state index < -0.39 is 4.92 Å². The van der Waals surface area contributed by atoms with E-state index in [1.807, 2.05) is 0 Å². The zero-order valence-electron chi connectivity index (χ0n) is 14.2. The average molecular weight is 361 g/mol. The smallest absolute Gasteiger partial charge is 0.273 e. The van der Waals surface area contributed by atoms with Gasteiger partial charge < -0.3 is 15.4 Å². The summed E-state index contributed by atoms with van der Waals surface area (Å²) in [6.07, 6.45) is 6.74. The Balaban J connectivity index is 1.43. The number of nitrogens with zero attached hydrogens (tertiary/aromatic N) is 1. The second-order valence-corrected chi connectivity index (χ2v) is 8.10. The van der Waals surface area contributed by atoms with Crippen molar-refractivity contribution in [3.8, 4) is 5.75 Å². The fraction of sp³-hybridized carbons (Fsp3) is 0.611. The zero-order valence-corrected chi connectivity index (χ0v) is 15.1. The lowest BCUT2D eigenvalue weighted by Crippen LogP contribution is -2.56. The minimum absolute atomic E-state index is 0.00214. The van der Waals surface area contributed by atoms with Crippen molar-refractivity contribution in [1.29, 1.82) is 0 Å². The van der Waals surface area contributed by atoms with Crippen molar-refractivity contribution < 1.29 is 9.66 Å². The van der Waals surface area contributed by atoms with Gasteiger partial charge in [0, 0.05) is 12.1 Å². The number of nitro benzene ring substituents is 1. The molecule has 6 nitrogen and oxygen atoms in total. The fourth-order valence-electron chi connectivity index (χ4n) is 5.37. The second-order valence-electron chi connectivity index (χ2n) is 7.70. The maximum absolute atomic E-state index is 10.9. The van der Waals surface area contributed by atoms with Gasteiger partial charge in [-0.05, 0) is 74.1 Å². The van der Waals surface area contributed by atoms with Gasteiger partial charge in [-0.2, -0.15) is 0 Å². The molecule has 5 rings (SSSR count). The summed E-state index contributed by atoms with van der Waals surface area (Å²) < 4.78 is 5.27. The van der Waals surface area contributed by atoms with Gasteiger partial charge in [-0.15, -0.1) is 0 Å². The van der Waals surface area contributed by atoms with Crippen LogP contribution >= 0.6 is 12.2 Å². The third-order valence-electron chi connectivity index (χ3n) is 6.17. The van der Waals surface area contributed by atoms with Gasteiger partial charge in [0.25, 0.3) is 5.69 Å². The Labute approximate surface area is 152 Å². The van der Waals surface area contributed by atoms with Crippen LogP contribution in [0.3, 0.4) is 0 Å². The molecule has 4 fully saturated rings. The molecule has 4 saturated carbocycles. The predicted octanol–water partition coefficient (Wildman–Crippen LogP) is 3.71. The van der Waals surface area contributed by atoms with E-state index in [1.54, 1.807) is 6.07 Å². The third kappa shape index (κ3) is 3.17. The molecular formula is C18H23N3O3S. The SMILES string of the molecule is COc1cc([N+](=O)[O-])ccc1NC(=S)NC1C2CC3CC(C2)CC1C3. The minimum atomic E-state index is -0.433. The fourth-order valence-corrected chi connectivity index (χ4v) is 5.61. The first-order chi connectivity index (χ1) is 12.0. The highest BCUT2D eigenvalue weighted by Gasteiger charge is 2.48. The Bertz CT molecular complexity index is 681. The largest absolute Gasteiger partial charge is 0.494 e. The van der Waals surface area contributed by atoms with E-state index in [1.165, 1.54) is 51.3 Å². The molecule has 0 atom stereocenters. The van der Waals surface area contributed by atoms with Crippen molar-refractivity contribution in [2.24, 2.45) is 23.7 Å². The number of non-ortho nitro benzene ring substituents is 1. The third-order valence-corrected chi connectivity index (χ3v) is 6.39. The van der Waals surface area contributed by atoms with E-state index in [2.05, 4.69) is 10.6 Å². The number of anilines is 1. The molecule has 7 heteroatoms. The van der Waals surface area contributed by atoms with E-state index in [4.69, 9.17) is 17.0 Å². The van der Waals surface area contributed by atoms with Crippen LogP contribution in [0.1, 0.15) is 32.1 Å². The second kappa shape index (κ2) is 6.44. The van der Waals surface area contributed by atoms with E-state index >= 15 is 0 Å². The molecule has 0 spiro atoms. The molecule has 2 N–H and O–H groups in total. The van der Waals surface area contributed by atoms with Gasteiger partial charge in [0.1, 0.15) is 5.75 Å². The van der Waals surface area contributed by atoms with Crippen LogP contribution in [-0.4, -0.2) is 23.2 Å². The summed E-state index contributed by atoms with van der Waals surface area (Å²) in [5.74, 6) is 3.74. The van der Waals surface area contributed by atoms with E-state index in [-0.39, 0.29) is 5.69 Å². The van der Waals surface area contributed by atoms with E-state index in [0.717, 1.165) is 23.7 Å². The molecule has 0 saturated heterocycles. The van der Waals surface area contributed by atoms with Crippen LogP contribution in [0.25, 0.3) is 0 Å². The number of methoxy groups -OCH3 is 1. The van der Waals surface area contributed by atoms with Crippen LogP contribution in [0.4, 0.5) is 11.4 Å². The maximum Gasteiger partial charge on any atom is 0.273 e. The lowest BCUT2D eigenvalue weighted by atomic mass is 9.54. The number of hydrogen-bond donors (Lipinski definition) is 2. The van der Waals surface area contributed by atoms with Gasteiger partial charge in [0.15, 0.2) is 5.11 Å². The molecule has 0 aliphatic heterocycles. The molecule has 0 unspecified atom stereocenters. The zero-order chi connectivity index (χ0) is 17.6. The summed E-state index contributed by atoms with van der Waals surface area (Å²) >= 11 is 5.52. The monoisotopic (exact) mass is 361 g/mol. The molecule has 4 bridgehead atoms. The molecule has 4 aliphatic carbocycles. The van der Waals surface area contributed by atoms with Crippen molar-refractivity contribution >= 4 is 28.7 Å². The molecule has 0 heterocycles. The summed E-state index contributed by atoms with van der Waals surface area (Å²) in [5.41, 5.74) is 0.650. The van der Waals surface area contributed by atoms with Gasteiger partial charge in [-0.1, -0.05) is 0 Å². The number of nitro groups is 1. The number of benzene rings is 1. The highest BCUT2D eigenvalue weighted by atomic mass is 32.1. The van der Waals surface area contributed by atoms with Crippen LogP contribution in [0.5, 0.6) is 5.75 Å². The average Bonchev–Trinajstić information content (AvgIpc) is 2.57. The summed E-state index contributed by atoms with van der Waals surface area (Å²) in [7, 11) is 1.50. The highest BCUT2D eigenvalue weighted by Crippen LogP contribution is 2.53. The van der Waals surface area contributed by atoms with Crippen LogP contribution in [0.2, 0.25) is 0 Å². The molecule has 0 radical (unpaired) electrons. The number of nitrogens with one attached hydrogen (secondary N) is 2. The highest BCUT2D eigenvalue weighted by molar-refractivity contribution is 7.80. The first-order valence-corrected chi connectivity index (χ1v) is 9.34. The molecule has 4 aliphatic rings. The Morgan fingerprint density at radius 2 is 1.84 bits per heavy atom. The predicted molar refractivity (Wildman–Crippen MR) is 99.8 cm³/mol. The number of rotatable bonds is 4. The van der Waals surface area contributed by atoms with E-state index in [0.29, 0.717) is 22.6 Å². The number of hydrogen-bond acceptors (Lipinski definition) is 4. The van der Waals surface area contributed by atoms with Gasteiger partial charge in [0.2, 0.25) is 0 Å². The van der Waals surface area contributed by atoms with Crippen molar-refractivity contribution in [3.05, 3.63) is 28.3 Å². The Hall–Kier alpha value is -1.89. The number of ether oxygens (including phenoxy) is 1. The summed E-state index contributed by atoms with van der Waals surface area (Å²) in [4.78, 5) is 10.5. The first-order valence-electron chi connectivity index (χ1n) is 8.93. The topological polar surface area (TPSA) is 76.4 Å². The van der Waals surface area contributed by atoms with Crippen molar-refractivity contribution in [3.63, 3.8) is 0 Å². The van der Waals surface area contributed by atoms with Gasteiger partial charge in [0.05, 0.1) is 23.8 Å². The van der Waals surface area contributed by atoms with Crippen molar-refractivity contribution in [1.82, 2.24) is 5.32 Å². The Morgan fingerprint density at radius 3 is 2.40 bits per heavy atom. The summed E-state index contributed by atoms with van der Waals surface area (Å²) in [6, 6.07) is 4.96. The summed E-state index contributed by atoms with van der Waals surface area (Å²) in [5, 5.41) is 18.2. The van der Waals surface area contributed by atoms with E-state index in [9.17, 15) is 10.1 Å². The minimum Gasteiger partial charge on any atom is -0.494 e. The molecule has 1 aromatic carbocycles. The van der Waals surface area contributed by atoms with Crippen LogP contribution in [0, 0.1) is 33.8 Å². The molecule has 25 heavy (non-hydrogen) atoms. The molecule has 0 amide bonds. The number of thiocarbonyl (C=S) groups is 1. The lowest BCUT2D eigenvalue weighted by molar-refractivity contribution is -0.384. The molecule has 0 aromatic heterocycles.